The Labute approximate surface area is 174 Å². The fourth-order valence-electron chi connectivity index (χ4n) is 2.90. The maximum atomic E-state index is 12.4. The van der Waals surface area contributed by atoms with Crippen LogP contribution in [-0.2, 0) is 16.0 Å². The highest BCUT2D eigenvalue weighted by atomic mass is 32.1. The molecule has 1 aromatic carbocycles. The lowest BCUT2D eigenvalue weighted by Gasteiger charge is -2.14. The minimum Gasteiger partial charge on any atom is -0.496 e. The SMILES string of the molecule is CCc1c(OC)cc(C(C)=CC(=O)CCC(=S)C(C)=CCCOC)cc1OC. The fraction of sp³-hybridized carbons (Fsp3) is 0.478. The summed E-state index contributed by atoms with van der Waals surface area (Å²) in [6.45, 7) is 6.63. The summed E-state index contributed by atoms with van der Waals surface area (Å²) >= 11 is 5.43. The molecule has 0 spiro atoms. The van der Waals surface area contributed by atoms with Gasteiger partial charge in [-0.05, 0) is 68.0 Å². The van der Waals surface area contributed by atoms with Gasteiger partial charge in [0.25, 0.3) is 0 Å². The summed E-state index contributed by atoms with van der Waals surface area (Å²) in [7, 11) is 4.96. The molecule has 154 valence electrons. The van der Waals surface area contributed by atoms with Gasteiger partial charge in [-0.2, -0.15) is 0 Å². The Bertz CT molecular complexity index is 722. The number of ether oxygens (including phenoxy) is 3. The number of thiocarbonyl (C=S) groups is 1. The third-order valence-corrected chi connectivity index (χ3v) is 5.13. The highest BCUT2D eigenvalue weighted by Crippen LogP contribution is 2.33. The van der Waals surface area contributed by atoms with Crippen molar-refractivity contribution in [3.63, 3.8) is 0 Å². The average Bonchev–Trinajstić information content (AvgIpc) is 2.70. The molecule has 1 aromatic rings. The van der Waals surface area contributed by atoms with Crippen LogP contribution in [-0.4, -0.2) is 38.6 Å². The Morgan fingerprint density at radius 2 is 1.68 bits per heavy atom. The zero-order valence-electron chi connectivity index (χ0n) is 17.9. The Morgan fingerprint density at radius 3 is 2.18 bits per heavy atom. The smallest absolute Gasteiger partial charge is 0.156 e. The number of rotatable bonds is 12. The summed E-state index contributed by atoms with van der Waals surface area (Å²) in [5.41, 5.74) is 3.86. The molecule has 4 nitrogen and oxygen atoms in total. The van der Waals surface area contributed by atoms with Crippen molar-refractivity contribution in [2.75, 3.05) is 27.9 Å². The van der Waals surface area contributed by atoms with Gasteiger partial charge in [0.15, 0.2) is 5.78 Å². The fourth-order valence-corrected chi connectivity index (χ4v) is 3.08. The van der Waals surface area contributed by atoms with Gasteiger partial charge in [0, 0.05) is 30.6 Å². The van der Waals surface area contributed by atoms with Gasteiger partial charge in [-0.25, -0.2) is 0 Å². The highest BCUT2D eigenvalue weighted by molar-refractivity contribution is 7.80. The number of hydrogen-bond acceptors (Lipinski definition) is 5. The van der Waals surface area contributed by atoms with Gasteiger partial charge >= 0.3 is 0 Å². The second kappa shape index (κ2) is 12.5. The topological polar surface area (TPSA) is 44.8 Å². The number of carbonyl (C=O) groups is 1. The Morgan fingerprint density at radius 1 is 1.07 bits per heavy atom. The van der Waals surface area contributed by atoms with Crippen molar-refractivity contribution in [1.82, 2.24) is 0 Å². The lowest BCUT2D eigenvalue weighted by atomic mass is 9.99. The molecule has 0 amide bonds. The molecule has 1 rings (SSSR count). The minimum atomic E-state index is 0.0574. The molecule has 0 saturated heterocycles. The van der Waals surface area contributed by atoms with E-state index in [1.165, 1.54) is 0 Å². The Hall–Kier alpha value is -1.98. The molecule has 0 atom stereocenters. The van der Waals surface area contributed by atoms with E-state index in [2.05, 4.69) is 13.0 Å². The second-order valence-electron chi connectivity index (χ2n) is 6.60. The van der Waals surface area contributed by atoms with E-state index in [9.17, 15) is 4.79 Å². The van der Waals surface area contributed by atoms with Crippen LogP contribution in [0.15, 0.2) is 29.9 Å². The van der Waals surface area contributed by atoms with Crippen LogP contribution in [0.5, 0.6) is 11.5 Å². The maximum absolute atomic E-state index is 12.4. The van der Waals surface area contributed by atoms with Gasteiger partial charge in [0.05, 0.1) is 14.2 Å². The predicted octanol–water partition coefficient (Wildman–Crippen LogP) is 5.37. The molecule has 0 aliphatic rings. The first-order chi connectivity index (χ1) is 13.4. The summed E-state index contributed by atoms with van der Waals surface area (Å²) < 4.78 is 16.0. The molecule has 0 aliphatic carbocycles. The van der Waals surface area contributed by atoms with E-state index in [1.54, 1.807) is 27.4 Å². The molecule has 0 aromatic heterocycles. The van der Waals surface area contributed by atoms with Gasteiger partial charge in [0.2, 0.25) is 0 Å². The van der Waals surface area contributed by atoms with Crippen molar-refractivity contribution in [1.29, 1.82) is 0 Å². The van der Waals surface area contributed by atoms with Crippen LogP contribution in [0.1, 0.15) is 51.2 Å². The minimum absolute atomic E-state index is 0.0574. The maximum Gasteiger partial charge on any atom is 0.156 e. The molecule has 0 aliphatic heterocycles. The van der Waals surface area contributed by atoms with Gasteiger partial charge < -0.3 is 14.2 Å². The molecule has 0 saturated carbocycles. The van der Waals surface area contributed by atoms with Gasteiger partial charge in [-0.1, -0.05) is 25.2 Å². The molecule has 0 heterocycles. The zero-order valence-corrected chi connectivity index (χ0v) is 18.7. The zero-order chi connectivity index (χ0) is 21.1. The Kier molecular flexibility index (Phi) is 10.7. The number of allylic oxidation sites excluding steroid dienone is 3. The summed E-state index contributed by atoms with van der Waals surface area (Å²) in [6, 6.07) is 3.90. The van der Waals surface area contributed by atoms with Crippen LogP contribution in [0, 0.1) is 0 Å². The highest BCUT2D eigenvalue weighted by Gasteiger charge is 2.12. The first-order valence-electron chi connectivity index (χ1n) is 9.53. The summed E-state index contributed by atoms with van der Waals surface area (Å²) in [5.74, 6) is 1.60. The van der Waals surface area contributed by atoms with E-state index < -0.39 is 0 Å². The molecule has 0 N–H and O–H groups in total. The number of ketones is 1. The normalized spacial score (nSPS) is 12.1. The summed E-state index contributed by atoms with van der Waals surface area (Å²) in [5, 5.41) is 0. The standard InChI is InChI=1S/C23H32O4S/c1-7-20-21(26-5)14-18(15-22(20)27-6)17(3)13-19(24)10-11-23(28)16(2)9-8-12-25-4/h9,13-15H,7-8,10-12H2,1-6H3. The molecule has 0 fully saturated rings. The molecule has 5 heteroatoms. The first kappa shape index (κ1) is 24.1. The van der Waals surface area contributed by atoms with E-state index in [0.29, 0.717) is 19.4 Å². The van der Waals surface area contributed by atoms with Crippen molar-refractivity contribution in [3.05, 3.63) is 41.0 Å². The van der Waals surface area contributed by atoms with Crippen LogP contribution >= 0.6 is 12.2 Å². The number of hydrogen-bond donors (Lipinski definition) is 0. The molecule has 0 radical (unpaired) electrons. The van der Waals surface area contributed by atoms with Gasteiger partial charge in [0.1, 0.15) is 11.5 Å². The van der Waals surface area contributed by atoms with Gasteiger partial charge in [-0.3, -0.25) is 4.79 Å². The predicted molar refractivity (Wildman–Crippen MR) is 120 cm³/mol. The van der Waals surface area contributed by atoms with Crippen LogP contribution in [0.4, 0.5) is 0 Å². The molecule has 0 bridgehead atoms. The first-order valence-corrected chi connectivity index (χ1v) is 9.93. The van der Waals surface area contributed by atoms with E-state index >= 15 is 0 Å². The molecular formula is C23H32O4S. The van der Waals surface area contributed by atoms with E-state index in [-0.39, 0.29) is 5.78 Å². The Balaban J connectivity index is 2.84. The molecular weight excluding hydrogens is 372 g/mol. The summed E-state index contributed by atoms with van der Waals surface area (Å²) in [4.78, 5) is 13.2. The van der Waals surface area contributed by atoms with E-state index in [1.807, 2.05) is 26.0 Å². The van der Waals surface area contributed by atoms with Crippen molar-refractivity contribution < 1.29 is 19.0 Å². The van der Waals surface area contributed by atoms with Crippen LogP contribution < -0.4 is 9.47 Å². The molecule has 28 heavy (non-hydrogen) atoms. The van der Waals surface area contributed by atoms with Crippen molar-refractivity contribution in [3.8, 4) is 11.5 Å². The lowest BCUT2D eigenvalue weighted by Crippen LogP contribution is -2.03. The number of carbonyl (C=O) groups excluding carboxylic acids is 1. The van der Waals surface area contributed by atoms with Crippen molar-refractivity contribution in [2.24, 2.45) is 0 Å². The monoisotopic (exact) mass is 404 g/mol. The van der Waals surface area contributed by atoms with Crippen molar-refractivity contribution in [2.45, 2.75) is 46.5 Å². The van der Waals surface area contributed by atoms with Gasteiger partial charge in [-0.15, -0.1) is 0 Å². The summed E-state index contributed by atoms with van der Waals surface area (Å²) in [6.07, 6.45) is 6.34. The van der Waals surface area contributed by atoms with E-state index in [0.717, 1.165) is 51.5 Å². The third-order valence-electron chi connectivity index (χ3n) is 4.61. The average molecular weight is 405 g/mol. The number of methoxy groups -OCH3 is 3. The second-order valence-corrected chi connectivity index (χ2v) is 7.09. The number of benzene rings is 1. The van der Waals surface area contributed by atoms with Crippen LogP contribution in [0.2, 0.25) is 0 Å². The van der Waals surface area contributed by atoms with Crippen LogP contribution in [0.25, 0.3) is 5.57 Å². The largest absolute Gasteiger partial charge is 0.496 e. The third kappa shape index (κ3) is 7.21. The molecule has 0 unspecified atom stereocenters. The van der Waals surface area contributed by atoms with Crippen molar-refractivity contribution >= 4 is 28.4 Å². The quantitative estimate of drug-likeness (QED) is 0.266. The lowest BCUT2D eigenvalue weighted by molar-refractivity contribution is -0.114. The van der Waals surface area contributed by atoms with E-state index in [4.69, 9.17) is 26.4 Å². The van der Waals surface area contributed by atoms with Crippen LogP contribution in [0.3, 0.4) is 0 Å².